The highest BCUT2D eigenvalue weighted by Gasteiger charge is 2.13. The molecule has 0 radical (unpaired) electrons. The Morgan fingerprint density at radius 1 is 1.40 bits per heavy atom. The molecule has 0 saturated carbocycles. The van der Waals surface area contributed by atoms with Gasteiger partial charge < -0.3 is 9.73 Å². The Kier molecular flexibility index (Phi) is 4.50. The Morgan fingerprint density at radius 2 is 2.20 bits per heavy atom. The van der Waals surface area contributed by atoms with Gasteiger partial charge in [0, 0.05) is 11.6 Å². The monoisotopic (exact) mass is 273 g/mol. The van der Waals surface area contributed by atoms with E-state index in [-0.39, 0.29) is 18.4 Å². The molecule has 20 heavy (non-hydrogen) atoms. The molecule has 0 aliphatic heterocycles. The van der Waals surface area contributed by atoms with Crippen molar-refractivity contribution >= 4 is 5.91 Å². The van der Waals surface area contributed by atoms with Gasteiger partial charge in [0.1, 0.15) is 6.42 Å². The first-order valence-corrected chi connectivity index (χ1v) is 6.77. The highest BCUT2D eigenvalue weighted by atomic mass is 16.4. The van der Waals surface area contributed by atoms with Gasteiger partial charge in [-0.2, -0.15) is 0 Å². The fourth-order valence-electron chi connectivity index (χ4n) is 1.79. The van der Waals surface area contributed by atoms with Gasteiger partial charge in [-0.05, 0) is 32.4 Å². The van der Waals surface area contributed by atoms with Crippen LogP contribution < -0.4 is 5.32 Å². The van der Waals surface area contributed by atoms with Crippen molar-refractivity contribution in [3.8, 4) is 11.5 Å². The average molecular weight is 273 g/mol. The lowest BCUT2D eigenvalue weighted by Crippen LogP contribution is -2.33. The van der Waals surface area contributed by atoms with Crippen LogP contribution in [0.15, 0.2) is 28.7 Å². The van der Waals surface area contributed by atoms with Crippen LogP contribution in [-0.4, -0.2) is 22.1 Å². The molecule has 0 saturated heterocycles. The molecular weight excluding hydrogens is 254 g/mol. The number of nitrogens with one attached hydrogen (secondary N) is 1. The lowest BCUT2D eigenvalue weighted by Gasteiger charge is -2.09. The molecule has 0 bridgehead atoms. The first kappa shape index (κ1) is 14.2. The molecule has 2 rings (SSSR count). The molecule has 106 valence electrons. The number of aromatic nitrogens is 2. The summed E-state index contributed by atoms with van der Waals surface area (Å²) in [4.78, 5) is 11.7. The summed E-state index contributed by atoms with van der Waals surface area (Å²) in [6, 6.07) is 7.96. The normalized spacial score (nSPS) is 12.2. The number of carbonyl (C=O) groups is 1. The van der Waals surface area contributed by atoms with Crippen molar-refractivity contribution in [1.82, 2.24) is 15.5 Å². The van der Waals surface area contributed by atoms with Crippen molar-refractivity contribution in [3.05, 3.63) is 35.7 Å². The Morgan fingerprint density at radius 3 is 2.90 bits per heavy atom. The maximum atomic E-state index is 11.7. The molecule has 1 heterocycles. The molecular formula is C15H19N3O2. The average Bonchev–Trinajstić information content (AvgIpc) is 2.87. The Balaban J connectivity index is 2.04. The summed E-state index contributed by atoms with van der Waals surface area (Å²) >= 11 is 0. The SMILES string of the molecule is CC[C@H](C)NC(=O)Cc1nnc(-c2cccc(C)c2)o1. The Labute approximate surface area is 118 Å². The zero-order chi connectivity index (χ0) is 14.5. The van der Waals surface area contributed by atoms with Crippen molar-refractivity contribution < 1.29 is 9.21 Å². The summed E-state index contributed by atoms with van der Waals surface area (Å²) in [5, 5.41) is 10.8. The fraction of sp³-hybridized carbons (Fsp3) is 0.400. The summed E-state index contributed by atoms with van der Waals surface area (Å²) in [6.07, 6.45) is 1.01. The smallest absolute Gasteiger partial charge is 0.247 e. The molecule has 1 aromatic heterocycles. The van der Waals surface area contributed by atoms with Gasteiger partial charge in [0.25, 0.3) is 0 Å². The van der Waals surface area contributed by atoms with Gasteiger partial charge in [-0.25, -0.2) is 0 Å². The molecule has 1 aromatic carbocycles. The minimum Gasteiger partial charge on any atom is -0.420 e. The Bertz CT molecular complexity index is 592. The van der Waals surface area contributed by atoms with E-state index in [0.29, 0.717) is 11.8 Å². The number of nitrogens with zero attached hydrogens (tertiary/aromatic N) is 2. The first-order chi connectivity index (χ1) is 9.58. The summed E-state index contributed by atoms with van der Waals surface area (Å²) in [6.45, 7) is 5.98. The van der Waals surface area contributed by atoms with Gasteiger partial charge in [0.15, 0.2) is 0 Å². The van der Waals surface area contributed by atoms with Crippen LogP contribution in [0.4, 0.5) is 0 Å². The second-order valence-corrected chi connectivity index (χ2v) is 4.92. The standard InChI is InChI=1S/C15H19N3O2/c1-4-11(3)16-13(19)9-14-17-18-15(20-14)12-7-5-6-10(2)8-12/h5-8,11H,4,9H2,1-3H3,(H,16,19)/t11-/m0/s1. The zero-order valence-electron chi connectivity index (χ0n) is 12.0. The lowest BCUT2D eigenvalue weighted by molar-refractivity contribution is -0.121. The summed E-state index contributed by atoms with van der Waals surface area (Å²) in [7, 11) is 0. The van der Waals surface area contributed by atoms with Crippen molar-refractivity contribution in [2.75, 3.05) is 0 Å². The summed E-state index contributed by atoms with van der Waals surface area (Å²) in [5.74, 6) is 0.682. The highest BCUT2D eigenvalue weighted by molar-refractivity contribution is 5.77. The lowest BCUT2D eigenvalue weighted by atomic mass is 10.1. The molecule has 5 heteroatoms. The van der Waals surface area contributed by atoms with Crippen molar-refractivity contribution in [2.45, 2.75) is 39.7 Å². The highest BCUT2D eigenvalue weighted by Crippen LogP contribution is 2.18. The third-order valence-electron chi connectivity index (χ3n) is 3.06. The third kappa shape index (κ3) is 3.66. The van der Waals surface area contributed by atoms with Crippen LogP contribution in [0, 0.1) is 6.92 Å². The van der Waals surface area contributed by atoms with Gasteiger partial charge in [-0.3, -0.25) is 4.79 Å². The summed E-state index contributed by atoms with van der Waals surface area (Å²) in [5.41, 5.74) is 1.99. The molecule has 0 aliphatic rings. The molecule has 0 unspecified atom stereocenters. The van der Waals surface area contributed by atoms with Crippen molar-refractivity contribution in [2.24, 2.45) is 0 Å². The van der Waals surface area contributed by atoms with Gasteiger partial charge in [0.2, 0.25) is 17.7 Å². The van der Waals surface area contributed by atoms with E-state index in [1.165, 1.54) is 0 Å². The van der Waals surface area contributed by atoms with Gasteiger partial charge >= 0.3 is 0 Å². The van der Waals surface area contributed by atoms with Gasteiger partial charge in [0.05, 0.1) is 0 Å². The number of benzene rings is 1. The van der Waals surface area contributed by atoms with Crippen LogP contribution >= 0.6 is 0 Å². The van der Waals surface area contributed by atoms with Crippen LogP contribution in [0.1, 0.15) is 31.7 Å². The number of aryl methyl sites for hydroxylation is 1. The number of amides is 1. The maximum absolute atomic E-state index is 11.7. The second kappa shape index (κ2) is 6.32. The molecule has 1 N–H and O–H groups in total. The van der Waals surface area contributed by atoms with Crippen LogP contribution in [0.25, 0.3) is 11.5 Å². The molecule has 0 spiro atoms. The van der Waals surface area contributed by atoms with E-state index < -0.39 is 0 Å². The van der Waals surface area contributed by atoms with Crippen molar-refractivity contribution in [3.63, 3.8) is 0 Å². The van der Waals surface area contributed by atoms with Crippen LogP contribution in [0.2, 0.25) is 0 Å². The molecule has 0 aliphatic carbocycles. The molecule has 2 aromatic rings. The minimum atomic E-state index is -0.0983. The van der Waals surface area contributed by atoms with E-state index in [0.717, 1.165) is 17.5 Å². The third-order valence-corrected chi connectivity index (χ3v) is 3.06. The predicted molar refractivity (Wildman–Crippen MR) is 76.1 cm³/mol. The van der Waals surface area contributed by atoms with E-state index in [1.807, 2.05) is 45.0 Å². The Hall–Kier alpha value is -2.17. The number of hydrogen-bond acceptors (Lipinski definition) is 4. The van der Waals surface area contributed by atoms with E-state index in [9.17, 15) is 4.79 Å². The first-order valence-electron chi connectivity index (χ1n) is 6.77. The largest absolute Gasteiger partial charge is 0.420 e. The predicted octanol–water partition coefficient (Wildman–Crippen LogP) is 2.50. The molecule has 0 fully saturated rings. The van der Waals surface area contributed by atoms with Crippen LogP contribution in [-0.2, 0) is 11.2 Å². The number of rotatable bonds is 5. The van der Waals surface area contributed by atoms with Crippen molar-refractivity contribution in [1.29, 1.82) is 0 Å². The fourth-order valence-corrected chi connectivity index (χ4v) is 1.79. The maximum Gasteiger partial charge on any atom is 0.247 e. The van der Waals surface area contributed by atoms with Crippen LogP contribution in [0.5, 0.6) is 0 Å². The molecule has 5 nitrogen and oxygen atoms in total. The van der Waals surface area contributed by atoms with E-state index in [4.69, 9.17) is 4.42 Å². The number of carbonyl (C=O) groups excluding carboxylic acids is 1. The van der Waals surface area contributed by atoms with E-state index in [1.54, 1.807) is 0 Å². The van der Waals surface area contributed by atoms with E-state index >= 15 is 0 Å². The quantitative estimate of drug-likeness (QED) is 0.908. The minimum absolute atomic E-state index is 0.0983. The van der Waals surface area contributed by atoms with Gasteiger partial charge in [-0.15, -0.1) is 10.2 Å². The molecule has 1 atom stereocenters. The molecule has 1 amide bonds. The zero-order valence-corrected chi connectivity index (χ0v) is 12.0. The van der Waals surface area contributed by atoms with E-state index in [2.05, 4.69) is 15.5 Å². The van der Waals surface area contributed by atoms with Gasteiger partial charge in [-0.1, -0.05) is 24.6 Å². The summed E-state index contributed by atoms with van der Waals surface area (Å²) < 4.78 is 5.53. The second-order valence-electron chi connectivity index (χ2n) is 4.92. The topological polar surface area (TPSA) is 68.0 Å². The number of hydrogen-bond donors (Lipinski definition) is 1. The van der Waals surface area contributed by atoms with Crippen LogP contribution in [0.3, 0.4) is 0 Å².